The van der Waals surface area contributed by atoms with Crippen molar-refractivity contribution in [2.45, 2.75) is 24.5 Å². The number of ether oxygens (including phenoxy) is 2. The summed E-state index contributed by atoms with van der Waals surface area (Å²) in [7, 11) is 0. The first-order valence-corrected chi connectivity index (χ1v) is 9.01. The second kappa shape index (κ2) is 6.44. The van der Waals surface area contributed by atoms with E-state index in [2.05, 4.69) is 10.3 Å². The number of hydrogen-bond acceptors (Lipinski definition) is 6. The molecular formula is C17H17N3O4S. The first-order valence-electron chi connectivity index (χ1n) is 8.02. The number of rotatable bonds is 3. The molecule has 0 fully saturated rings. The Kier molecular flexibility index (Phi) is 4.12. The first-order chi connectivity index (χ1) is 12.1. The highest BCUT2D eigenvalue weighted by Gasteiger charge is 2.27. The molecule has 8 heteroatoms. The number of aromatic nitrogens is 2. The summed E-state index contributed by atoms with van der Waals surface area (Å²) in [5, 5.41) is 3.54. The van der Waals surface area contributed by atoms with Crippen LogP contribution in [0.15, 0.2) is 34.2 Å². The van der Waals surface area contributed by atoms with E-state index in [0.717, 1.165) is 0 Å². The van der Waals surface area contributed by atoms with E-state index in [1.165, 1.54) is 17.8 Å². The largest absolute Gasteiger partial charge is 0.486 e. The van der Waals surface area contributed by atoms with E-state index in [1.54, 1.807) is 29.7 Å². The quantitative estimate of drug-likeness (QED) is 0.844. The van der Waals surface area contributed by atoms with Crippen molar-refractivity contribution in [3.05, 3.63) is 40.3 Å². The lowest BCUT2D eigenvalue weighted by atomic mass is 10.2. The molecule has 2 aliphatic heterocycles. The number of fused-ring (bicyclic) bond motifs is 2. The van der Waals surface area contributed by atoms with Crippen LogP contribution in [0.4, 0.5) is 5.69 Å². The molecule has 130 valence electrons. The third-order valence-corrected chi connectivity index (χ3v) is 5.16. The summed E-state index contributed by atoms with van der Waals surface area (Å²) in [6.45, 7) is 2.82. The fraction of sp³-hybridized carbons (Fsp3) is 0.353. The Balaban J connectivity index is 1.47. The van der Waals surface area contributed by atoms with Crippen molar-refractivity contribution in [2.75, 3.05) is 24.3 Å². The molecule has 2 aliphatic rings. The van der Waals surface area contributed by atoms with E-state index in [0.29, 0.717) is 47.0 Å². The average Bonchev–Trinajstić information content (AvgIpc) is 2.97. The number of amides is 1. The van der Waals surface area contributed by atoms with E-state index in [4.69, 9.17) is 9.47 Å². The molecule has 1 unspecified atom stereocenters. The SMILES string of the molecule is Cc1cc(=O)n2c(n1)SCC2CC(=O)Nc1ccc2c(c1)OCCO2. The number of benzene rings is 1. The molecule has 1 amide bonds. The van der Waals surface area contributed by atoms with Crippen molar-refractivity contribution in [1.82, 2.24) is 9.55 Å². The molecule has 0 radical (unpaired) electrons. The normalized spacial score (nSPS) is 17.9. The summed E-state index contributed by atoms with van der Waals surface area (Å²) in [5.41, 5.74) is 1.24. The number of nitrogens with one attached hydrogen (secondary N) is 1. The van der Waals surface area contributed by atoms with Gasteiger partial charge < -0.3 is 14.8 Å². The number of thioether (sulfide) groups is 1. The molecule has 4 rings (SSSR count). The van der Waals surface area contributed by atoms with Gasteiger partial charge in [-0.15, -0.1) is 0 Å². The monoisotopic (exact) mass is 359 g/mol. The molecule has 0 saturated heterocycles. The average molecular weight is 359 g/mol. The van der Waals surface area contributed by atoms with Crippen molar-refractivity contribution >= 4 is 23.4 Å². The topological polar surface area (TPSA) is 82.5 Å². The van der Waals surface area contributed by atoms with Crippen LogP contribution in [0, 0.1) is 6.92 Å². The second-order valence-corrected chi connectivity index (χ2v) is 6.95. The van der Waals surface area contributed by atoms with E-state index in [9.17, 15) is 9.59 Å². The third kappa shape index (κ3) is 3.21. The van der Waals surface area contributed by atoms with Gasteiger partial charge in [-0.05, 0) is 19.1 Å². The van der Waals surface area contributed by atoms with E-state index in [-0.39, 0.29) is 23.9 Å². The van der Waals surface area contributed by atoms with E-state index >= 15 is 0 Å². The molecular weight excluding hydrogens is 342 g/mol. The number of carbonyl (C=O) groups excluding carboxylic acids is 1. The van der Waals surface area contributed by atoms with Crippen LogP contribution in [0.2, 0.25) is 0 Å². The second-order valence-electron chi connectivity index (χ2n) is 5.96. The van der Waals surface area contributed by atoms with Gasteiger partial charge in [-0.1, -0.05) is 11.8 Å². The first kappa shape index (κ1) is 16.0. The minimum Gasteiger partial charge on any atom is -0.486 e. The highest BCUT2D eigenvalue weighted by atomic mass is 32.2. The van der Waals surface area contributed by atoms with Gasteiger partial charge in [-0.2, -0.15) is 0 Å². The van der Waals surface area contributed by atoms with Crippen LogP contribution in [0.1, 0.15) is 18.2 Å². The summed E-state index contributed by atoms with van der Waals surface area (Å²) in [5.74, 6) is 1.82. The summed E-state index contributed by atoms with van der Waals surface area (Å²) >= 11 is 1.51. The lowest BCUT2D eigenvalue weighted by Gasteiger charge is -2.19. The molecule has 25 heavy (non-hydrogen) atoms. The summed E-state index contributed by atoms with van der Waals surface area (Å²) in [6.07, 6.45) is 0.221. The van der Waals surface area contributed by atoms with Crippen LogP contribution in [0.3, 0.4) is 0 Å². The minimum atomic E-state index is -0.183. The standard InChI is InChI=1S/C17H17N3O4S/c1-10-6-16(22)20-12(9-25-17(20)18-10)8-15(21)19-11-2-3-13-14(7-11)24-5-4-23-13/h2-3,6-7,12H,4-5,8-9H2,1H3,(H,19,21). The predicted octanol–water partition coefficient (Wildman–Crippen LogP) is 2.00. The lowest BCUT2D eigenvalue weighted by Crippen LogP contribution is -2.27. The van der Waals surface area contributed by atoms with Crippen molar-refractivity contribution in [2.24, 2.45) is 0 Å². The number of aryl methyl sites for hydroxylation is 1. The number of anilines is 1. The van der Waals surface area contributed by atoms with Gasteiger partial charge in [-0.3, -0.25) is 14.2 Å². The summed E-state index contributed by atoms with van der Waals surface area (Å²) in [6, 6.07) is 6.63. The zero-order valence-electron chi connectivity index (χ0n) is 13.7. The maximum Gasteiger partial charge on any atom is 0.254 e. The van der Waals surface area contributed by atoms with Crippen molar-refractivity contribution in [3.63, 3.8) is 0 Å². The number of nitrogens with zero attached hydrogens (tertiary/aromatic N) is 2. The van der Waals surface area contributed by atoms with Crippen LogP contribution >= 0.6 is 11.8 Å². The van der Waals surface area contributed by atoms with E-state index < -0.39 is 0 Å². The van der Waals surface area contributed by atoms with Crippen LogP contribution in [0.5, 0.6) is 11.5 Å². The Morgan fingerprint density at radius 1 is 1.32 bits per heavy atom. The van der Waals surface area contributed by atoms with Gasteiger partial charge in [0.2, 0.25) is 5.91 Å². The van der Waals surface area contributed by atoms with Crippen molar-refractivity contribution in [1.29, 1.82) is 0 Å². The van der Waals surface area contributed by atoms with Gasteiger partial charge >= 0.3 is 0 Å². The van der Waals surface area contributed by atoms with Gasteiger partial charge in [-0.25, -0.2) is 4.98 Å². The molecule has 0 spiro atoms. The maximum absolute atomic E-state index is 12.4. The van der Waals surface area contributed by atoms with Crippen LogP contribution in [-0.2, 0) is 4.79 Å². The summed E-state index contributed by atoms with van der Waals surface area (Å²) < 4.78 is 12.6. The fourth-order valence-electron chi connectivity index (χ4n) is 2.96. The number of carbonyl (C=O) groups is 1. The van der Waals surface area contributed by atoms with Gasteiger partial charge in [0.25, 0.3) is 5.56 Å². The Hall–Kier alpha value is -2.48. The Morgan fingerprint density at radius 2 is 2.12 bits per heavy atom. The van der Waals surface area contributed by atoms with Gasteiger partial charge in [0.15, 0.2) is 16.7 Å². The molecule has 7 nitrogen and oxygen atoms in total. The lowest BCUT2D eigenvalue weighted by molar-refractivity contribution is -0.116. The zero-order chi connectivity index (χ0) is 17.4. The maximum atomic E-state index is 12.4. The van der Waals surface area contributed by atoms with Crippen LogP contribution < -0.4 is 20.3 Å². The zero-order valence-corrected chi connectivity index (χ0v) is 14.5. The highest BCUT2D eigenvalue weighted by molar-refractivity contribution is 7.99. The van der Waals surface area contributed by atoms with Gasteiger partial charge in [0, 0.05) is 35.7 Å². The van der Waals surface area contributed by atoms with Crippen LogP contribution in [0.25, 0.3) is 0 Å². The molecule has 1 atom stereocenters. The third-order valence-electron chi connectivity index (χ3n) is 4.06. The Labute approximate surface area is 148 Å². The molecule has 0 aliphatic carbocycles. The minimum absolute atomic E-state index is 0.107. The smallest absolute Gasteiger partial charge is 0.254 e. The molecule has 1 aromatic heterocycles. The molecule has 0 bridgehead atoms. The summed E-state index contributed by atoms with van der Waals surface area (Å²) in [4.78, 5) is 29.0. The van der Waals surface area contributed by atoms with Gasteiger partial charge in [0.05, 0.1) is 6.04 Å². The van der Waals surface area contributed by atoms with Crippen molar-refractivity contribution in [3.8, 4) is 11.5 Å². The predicted molar refractivity (Wildman–Crippen MR) is 93.7 cm³/mol. The Bertz CT molecular complexity index is 896. The molecule has 1 N–H and O–H groups in total. The van der Waals surface area contributed by atoms with E-state index in [1.807, 2.05) is 0 Å². The number of hydrogen-bond donors (Lipinski definition) is 1. The fourth-order valence-corrected chi connectivity index (χ4v) is 4.16. The Morgan fingerprint density at radius 3 is 2.96 bits per heavy atom. The molecule has 2 aromatic rings. The molecule has 3 heterocycles. The van der Waals surface area contributed by atoms with Crippen molar-refractivity contribution < 1.29 is 14.3 Å². The van der Waals surface area contributed by atoms with Crippen LogP contribution in [-0.4, -0.2) is 34.4 Å². The van der Waals surface area contributed by atoms with Gasteiger partial charge in [0.1, 0.15) is 13.2 Å². The molecule has 1 aromatic carbocycles. The highest BCUT2D eigenvalue weighted by Crippen LogP contribution is 2.34. The molecule has 0 saturated carbocycles.